The average molecular weight is 264 g/mol. The van der Waals surface area contributed by atoms with Gasteiger partial charge in [0.1, 0.15) is 5.82 Å². The van der Waals surface area contributed by atoms with E-state index in [1.54, 1.807) is 12.1 Å². The second kappa shape index (κ2) is 6.49. The molecule has 0 bridgehead atoms. The molecule has 1 saturated heterocycles. The van der Waals surface area contributed by atoms with Crippen LogP contribution in [-0.4, -0.2) is 48.3 Å². The summed E-state index contributed by atoms with van der Waals surface area (Å²) in [6.45, 7) is 2.46. The van der Waals surface area contributed by atoms with Gasteiger partial charge in [0, 0.05) is 25.3 Å². The van der Waals surface area contributed by atoms with E-state index in [0.717, 1.165) is 25.3 Å². The van der Waals surface area contributed by atoms with Gasteiger partial charge in [0.05, 0.1) is 12.2 Å². The third kappa shape index (κ3) is 3.65. The summed E-state index contributed by atoms with van der Waals surface area (Å²) in [7, 11) is 0. The Balaban J connectivity index is 2.06. The molecule has 6 heteroatoms. The summed E-state index contributed by atoms with van der Waals surface area (Å²) in [6, 6.07) is 3.87. The molecule has 6 nitrogen and oxygen atoms in total. The highest BCUT2D eigenvalue weighted by Crippen LogP contribution is 2.14. The first-order chi connectivity index (χ1) is 9.20. The third-order valence-electron chi connectivity index (χ3n) is 3.33. The number of aliphatic hydroxyl groups is 1. The third-order valence-corrected chi connectivity index (χ3v) is 3.33. The second-order valence-electron chi connectivity index (χ2n) is 4.73. The van der Waals surface area contributed by atoms with Crippen LogP contribution >= 0.6 is 0 Å². The van der Waals surface area contributed by atoms with Gasteiger partial charge in [-0.15, -0.1) is 0 Å². The number of aliphatic hydroxyl groups excluding tert-OH is 1. The van der Waals surface area contributed by atoms with Crippen molar-refractivity contribution < 1.29 is 9.90 Å². The number of pyridine rings is 1. The van der Waals surface area contributed by atoms with Crippen LogP contribution in [0.25, 0.3) is 0 Å². The fraction of sp³-hybridized carbons (Fsp3) is 0.538. The van der Waals surface area contributed by atoms with E-state index in [-0.39, 0.29) is 6.61 Å². The SMILES string of the molecule is NC(=O)c1ccc(N(CCO)CC2CCCN2)nc1. The number of nitrogens with zero attached hydrogens (tertiary/aromatic N) is 2. The van der Waals surface area contributed by atoms with Gasteiger partial charge in [-0.3, -0.25) is 4.79 Å². The van der Waals surface area contributed by atoms with E-state index in [4.69, 9.17) is 10.8 Å². The molecule has 1 fully saturated rings. The van der Waals surface area contributed by atoms with Crippen LogP contribution in [0.3, 0.4) is 0 Å². The highest BCUT2D eigenvalue weighted by molar-refractivity contribution is 5.92. The fourth-order valence-corrected chi connectivity index (χ4v) is 2.32. The van der Waals surface area contributed by atoms with E-state index in [1.807, 2.05) is 4.90 Å². The summed E-state index contributed by atoms with van der Waals surface area (Å²) in [6.07, 6.45) is 3.80. The number of hydrogen-bond acceptors (Lipinski definition) is 5. The number of hydrogen-bond donors (Lipinski definition) is 3. The lowest BCUT2D eigenvalue weighted by molar-refractivity contribution is 0.1000. The van der Waals surface area contributed by atoms with Crippen LogP contribution in [0.2, 0.25) is 0 Å². The molecule has 0 saturated carbocycles. The van der Waals surface area contributed by atoms with Crippen molar-refractivity contribution in [3.05, 3.63) is 23.9 Å². The number of rotatable bonds is 6. The van der Waals surface area contributed by atoms with E-state index < -0.39 is 5.91 Å². The molecule has 1 aliphatic heterocycles. The van der Waals surface area contributed by atoms with Gasteiger partial charge < -0.3 is 21.1 Å². The number of nitrogens with two attached hydrogens (primary N) is 1. The van der Waals surface area contributed by atoms with Gasteiger partial charge in [-0.25, -0.2) is 4.98 Å². The number of anilines is 1. The molecule has 1 unspecified atom stereocenters. The highest BCUT2D eigenvalue weighted by Gasteiger charge is 2.18. The standard InChI is InChI=1S/C13H20N4O2/c14-13(19)10-3-4-12(16-8-10)17(6-7-18)9-11-2-1-5-15-11/h3-4,8,11,15,18H,1-2,5-7,9H2,(H2,14,19). The Morgan fingerprint density at radius 2 is 2.42 bits per heavy atom. The minimum atomic E-state index is -0.481. The van der Waals surface area contributed by atoms with Crippen LogP contribution in [0.1, 0.15) is 23.2 Å². The Bertz CT molecular complexity index is 415. The van der Waals surface area contributed by atoms with Crippen molar-refractivity contribution in [1.82, 2.24) is 10.3 Å². The Labute approximate surface area is 112 Å². The lowest BCUT2D eigenvalue weighted by Crippen LogP contribution is -2.39. The normalized spacial score (nSPS) is 18.5. The van der Waals surface area contributed by atoms with Crippen LogP contribution in [0.15, 0.2) is 18.3 Å². The van der Waals surface area contributed by atoms with Crippen molar-refractivity contribution in [2.24, 2.45) is 5.73 Å². The predicted molar refractivity (Wildman–Crippen MR) is 73.1 cm³/mol. The minimum Gasteiger partial charge on any atom is -0.395 e. The monoisotopic (exact) mass is 264 g/mol. The van der Waals surface area contributed by atoms with Crippen molar-refractivity contribution in [1.29, 1.82) is 0 Å². The highest BCUT2D eigenvalue weighted by atomic mass is 16.3. The van der Waals surface area contributed by atoms with Crippen molar-refractivity contribution in [2.45, 2.75) is 18.9 Å². The van der Waals surface area contributed by atoms with Gasteiger partial charge in [-0.1, -0.05) is 0 Å². The summed E-state index contributed by atoms with van der Waals surface area (Å²) in [5.74, 6) is 0.276. The fourth-order valence-electron chi connectivity index (χ4n) is 2.32. The zero-order valence-corrected chi connectivity index (χ0v) is 10.9. The molecule has 1 amide bonds. The maximum atomic E-state index is 11.0. The Morgan fingerprint density at radius 3 is 2.95 bits per heavy atom. The van der Waals surface area contributed by atoms with Crippen LogP contribution < -0.4 is 16.0 Å². The number of carbonyl (C=O) groups is 1. The molecular formula is C13H20N4O2. The van der Waals surface area contributed by atoms with E-state index in [2.05, 4.69) is 10.3 Å². The molecule has 2 rings (SSSR count). The van der Waals surface area contributed by atoms with Crippen LogP contribution in [0.4, 0.5) is 5.82 Å². The van der Waals surface area contributed by atoms with Gasteiger partial charge in [-0.2, -0.15) is 0 Å². The molecule has 19 heavy (non-hydrogen) atoms. The summed E-state index contributed by atoms with van der Waals surface area (Å²) < 4.78 is 0. The smallest absolute Gasteiger partial charge is 0.250 e. The molecule has 1 aromatic rings. The zero-order chi connectivity index (χ0) is 13.7. The lowest BCUT2D eigenvalue weighted by Gasteiger charge is -2.26. The van der Waals surface area contributed by atoms with E-state index in [1.165, 1.54) is 12.6 Å². The van der Waals surface area contributed by atoms with Crippen molar-refractivity contribution in [3.63, 3.8) is 0 Å². The first-order valence-electron chi connectivity index (χ1n) is 6.55. The van der Waals surface area contributed by atoms with Crippen molar-refractivity contribution >= 4 is 11.7 Å². The molecule has 0 radical (unpaired) electrons. The van der Waals surface area contributed by atoms with Gasteiger partial charge >= 0.3 is 0 Å². The summed E-state index contributed by atoms with van der Waals surface area (Å²) in [5, 5.41) is 12.6. The van der Waals surface area contributed by atoms with Crippen molar-refractivity contribution in [2.75, 3.05) is 31.1 Å². The number of nitrogens with one attached hydrogen (secondary N) is 1. The second-order valence-corrected chi connectivity index (χ2v) is 4.73. The molecule has 2 heterocycles. The van der Waals surface area contributed by atoms with Crippen LogP contribution in [0, 0.1) is 0 Å². The van der Waals surface area contributed by atoms with Crippen LogP contribution in [-0.2, 0) is 0 Å². The molecule has 4 N–H and O–H groups in total. The molecule has 1 aromatic heterocycles. The number of carbonyl (C=O) groups excluding carboxylic acids is 1. The first kappa shape index (κ1) is 13.8. The molecule has 0 spiro atoms. The van der Waals surface area contributed by atoms with Crippen molar-refractivity contribution in [3.8, 4) is 0 Å². The zero-order valence-electron chi connectivity index (χ0n) is 10.9. The first-order valence-corrected chi connectivity index (χ1v) is 6.55. The largest absolute Gasteiger partial charge is 0.395 e. The number of amides is 1. The molecule has 1 atom stereocenters. The molecule has 1 aliphatic rings. The van der Waals surface area contributed by atoms with Gasteiger partial charge in [0.25, 0.3) is 0 Å². The Morgan fingerprint density at radius 1 is 1.58 bits per heavy atom. The molecule has 0 aromatic carbocycles. The topological polar surface area (TPSA) is 91.5 Å². The minimum absolute atomic E-state index is 0.0754. The Hall–Kier alpha value is -1.66. The van der Waals surface area contributed by atoms with E-state index in [0.29, 0.717) is 18.2 Å². The molecule has 104 valence electrons. The van der Waals surface area contributed by atoms with Gasteiger partial charge in [0.15, 0.2) is 0 Å². The predicted octanol–water partition coefficient (Wildman–Crippen LogP) is -0.269. The van der Waals surface area contributed by atoms with Gasteiger partial charge in [0.2, 0.25) is 5.91 Å². The quantitative estimate of drug-likeness (QED) is 0.658. The lowest BCUT2D eigenvalue weighted by atomic mass is 10.2. The van der Waals surface area contributed by atoms with E-state index in [9.17, 15) is 4.79 Å². The summed E-state index contributed by atoms with van der Waals surface area (Å²) in [5.41, 5.74) is 5.58. The van der Waals surface area contributed by atoms with Crippen LogP contribution in [0.5, 0.6) is 0 Å². The number of primary amides is 1. The molecular weight excluding hydrogens is 244 g/mol. The summed E-state index contributed by atoms with van der Waals surface area (Å²) in [4.78, 5) is 17.3. The number of aromatic nitrogens is 1. The maximum absolute atomic E-state index is 11.0. The Kier molecular flexibility index (Phi) is 4.70. The maximum Gasteiger partial charge on any atom is 0.250 e. The molecule has 0 aliphatic carbocycles. The summed E-state index contributed by atoms with van der Waals surface area (Å²) >= 11 is 0. The van der Waals surface area contributed by atoms with Gasteiger partial charge in [-0.05, 0) is 31.5 Å². The average Bonchev–Trinajstić information content (AvgIpc) is 2.91. The van der Waals surface area contributed by atoms with E-state index >= 15 is 0 Å².